The van der Waals surface area contributed by atoms with E-state index >= 15 is 0 Å². The summed E-state index contributed by atoms with van der Waals surface area (Å²) in [5.41, 5.74) is 7.58. The van der Waals surface area contributed by atoms with Crippen LogP contribution in [0.25, 0.3) is 0 Å². The van der Waals surface area contributed by atoms with Crippen molar-refractivity contribution in [3.05, 3.63) is 59.2 Å². The maximum atomic E-state index is 12.9. The molecule has 2 aromatic rings. The second-order valence-corrected chi connectivity index (χ2v) is 6.89. The van der Waals surface area contributed by atoms with E-state index in [0.717, 1.165) is 11.3 Å². The van der Waals surface area contributed by atoms with E-state index in [4.69, 9.17) is 15.2 Å². The van der Waals surface area contributed by atoms with E-state index in [1.54, 1.807) is 25.3 Å². The van der Waals surface area contributed by atoms with Gasteiger partial charge in [-0.25, -0.2) is 0 Å². The number of amides is 2. The van der Waals surface area contributed by atoms with Crippen LogP contribution in [-0.2, 0) is 27.5 Å². The summed E-state index contributed by atoms with van der Waals surface area (Å²) in [7, 11) is 2.87. The third kappa shape index (κ3) is 4.53. The van der Waals surface area contributed by atoms with Gasteiger partial charge in [0.05, 0.1) is 20.8 Å². The quantitative estimate of drug-likeness (QED) is 0.632. The van der Waals surface area contributed by atoms with Crippen molar-refractivity contribution in [2.45, 2.75) is 32.0 Å². The topological polar surface area (TPSA) is 108 Å². The summed E-state index contributed by atoms with van der Waals surface area (Å²) in [5.74, 6) is -0.162. The number of esters is 1. The number of nitrogens with zero attached hydrogens (tertiary/aromatic N) is 1. The standard InChI is InChI=1S/C22H24N2O6/c1-28-15-6-3-5-14(11-15)13-30-19-8-4-7-16-17(19)12-24(22(16)27)18(21(23)26)9-10-20(25)29-2/h3-8,11,18H,9-10,12-13H2,1-2H3,(H2,23,26). The molecule has 158 valence electrons. The monoisotopic (exact) mass is 412 g/mol. The van der Waals surface area contributed by atoms with Crippen molar-refractivity contribution in [2.24, 2.45) is 5.73 Å². The normalized spacial score (nSPS) is 13.5. The highest BCUT2D eigenvalue weighted by Crippen LogP contribution is 2.33. The van der Waals surface area contributed by atoms with Gasteiger partial charge in [-0.3, -0.25) is 14.4 Å². The van der Waals surface area contributed by atoms with Crippen LogP contribution in [0.3, 0.4) is 0 Å². The van der Waals surface area contributed by atoms with Gasteiger partial charge in [0.1, 0.15) is 24.1 Å². The van der Waals surface area contributed by atoms with Crippen LogP contribution in [0.1, 0.15) is 34.3 Å². The number of ether oxygens (including phenoxy) is 3. The predicted octanol–water partition coefficient (Wildman–Crippen LogP) is 2.04. The summed E-state index contributed by atoms with van der Waals surface area (Å²) in [6.07, 6.45) is 0.0885. The van der Waals surface area contributed by atoms with Gasteiger partial charge < -0.3 is 24.8 Å². The maximum absolute atomic E-state index is 12.9. The number of hydrogen-bond donors (Lipinski definition) is 1. The molecule has 0 saturated heterocycles. The van der Waals surface area contributed by atoms with E-state index < -0.39 is 17.9 Å². The maximum Gasteiger partial charge on any atom is 0.305 e. The zero-order valence-electron chi connectivity index (χ0n) is 16.9. The highest BCUT2D eigenvalue weighted by Gasteiger charge is 2.37. The van der Waals surface area contributed by atoms with Crippen molar-refractivity contribution < 1.29 is 28.6 Å². The first kappa shape index (κ1) is 21.2. The van der Waals surface area contributed by atoms with Crippen molar-refractivity contribution in [1.82, 2.24) is 4.90 Å². The molecule has 2 amide bonds. The Morgan fingerprint density at radius 2 is 1.93 bits per heavy atom. The number of methoxy groups -OCH3 is 2. The zero-order valence-corrected chi connectivity index (χ0v) is 16.9. The first-order chi connectivity index (χ1) is 14.4. The van der Waals surface area contributed by atoms with E-state index in [2.05, 4.69) is 4.74 Å². The molecule has 0 spiro atoms. The van der Waals surface area contributed by atoms with Crippen LogP contribution in [0.15, 0.2) is 42.5 Å². The van der Waals surface area contributed by atoms with Crippen LogP contribution in [0.5, 0.6) is 11.5 Å². The molecular weight excluding hydrogens is 388 g/mol. The molecule has 8 heteroatoms. The van der Waals surface area contributed by atoms with Crippen LogP contribution in [0.4, 0.5) is 0 Å². The fourth-order valence-electron chi connectivity index (χ4n) is 3.44. The fraction of sp³-hybridized carbons (Fsp3) is 0.318. The molecule has 3 rings (SSSR count). The number of carbonyl (C=O) groups excluding carboxylic acids is 3. The highest BCUT2D eigenvalue weighted by atomic mass is 16.5. The SMILES string of the molecule is COC(=O)CCC(C(N)=O)N1Cc2c(OCc3cccc(OC)c3)cccc2C1=O. The molecular formula is C22H24N2O6. The Morgan fingerprint density at radius 3 is 2.63 bits per heavy atom. The number of hydrogen-bond acceptors (Lipinski definition) is 6. The van der Waals surface area contributed by atoms with Crippen LogP contribution in [0.2, 0.25) is 0 Å². The van der Waals surface area contributed by atoms with Crippen LogP contribution >= 0.6 is 0 Å². The molecule has 0 fully saturated rings. The molecule has 0 bridgehead atoms. The minimum Gasteiger partial charge on any atom is -0.497 e. The molecule has 1 heterocycles. The van der Waals surface area contributed by atoms with Gasteiger partial charge in [0.15, 0.2) is 0 Å². The van der Waals surface area contributed by atoms with Gasteiger partial charge in [-0.1, -0.05) is 18.2 Å². The van der Waals surface area contributed by atoms with Gasteiger partial charge in [0.2, 0.25) is 5.91 Å². The van der Waals surface area contributed by atoms with Gasteiger partial charge in [0, 0.05) is 17.5 Å². The summed E-state index contributed by atoms with van der Waals surface area (Å²) in [6.45, 7) is 0.473. The van der Waals surface area contributed by atoms with Crippen LogP contribution < -0.4 is 15.2 Å². The molecule has 30 heavy (non-hydrogen) atoms. The molecule has 8 nitrogen and oxygen atoms in total. The van der Waals surface area contributed by atoms with Crippen LogP contribution in [0, 0.1) is 0 Å². The Labute approximate surface area is 174 Å². The smallest absolute Gasteiger partial charge is 0.305 e. The molecule has 0 aliphatic carbocycles. The van der Waals surface area contributed by atoms with Crippen molar-refractivity contribution in [3.8, 4) is 11.5 Å². The summed E-state index contributed by atoms with van der Waals surface area (Å²) in [4.78, 5) is 37.7. The van der Waals surface area contributed by atoms with Gasteiger partial charge in [0.25, 0.3) is 5.91 Å². The fourth-order valence-corrected chi connectivity index (χ4v) is 3.44. The summed E-state index contributed by atoms with van der Waals surface area (Å²) >= 11 is 0. The van der Waals surface area contributed by atoms with Crippen molar-refractivity contribution in [1.29, 1.82) is 0 Å². The summed E-state index contributed by atoms with van der Waals surface area (Å²) < 4.78 is 15.8. The summed E-state index contributed by atoms with van der Waals surface area (Å²) in [6, 6.07) is 11.8. The average Bonchev–Trinajstić information content (AvgIpc) is 3.09. The summed E-state index contributed by atoms with van der Waals surface area (Å²) in [5, 5.41) is 0. The van der Waals surface area contributed by atoms with Crippen molar-refractivity contribution in [3.63, 3.8) is 0 Å². The lowest BCUT2D eigenvalue weighted by Crippen LogP contribution is -2.45. The van der Waals surface area contributed by atoms with Gasteiger partial charge in [-0.2, -0.15) is 0 Å². The lowest BCUT2D eigenvalue weighted by Gasteiger charge is -2.24. The number of rotatable bonds is 9. The Kier molecular flexibility index (Phi) is 6.56. The Bertz CT molecular complexity index is 958. The van der Waals surface area contributed by atoms with Gasteiger partial charge in [-0.05, 0) is 36.2 Å². The van der Waals surface area contributed by atoms with E-state index in [1.165, 1.54) is 12.0 Å². The number of benzene rings is 2. The number of nitrogens with two attached hydrogens (primary N) is 1. The van der Waals surface area contributed by atoms with E-state index in [0.29, 0.717) is 23.5 Å². The first-order valence-electron chi connectivity index (χ1n) is 9.49. The molecule has 1 atom stereocenters. The predicted molar refractivity (Wildman–Crippen MR) is 108 cm³/mol. The van der Waals surface area contributed by atoms with Gasteiger partial charge >= 0.3 is 5.97 Å². The molecule has 0 radical (unpaired) electrons. The van der Waals surface area contributed by atoms with Crippen molar-refractivity contribution >= 4 is 17.8 Å². The second-order valence-electron chi connectivity index (χ2n) is 6.89. The third-order valence-corrected chi connectivity index (χ3v) is 5.04. The number of primary amides is 1. The Morgan fingerprint density at radius 1 is 1.17 bits per heavy atom. The Hall–Kier alpha value is -3.55. The molecule has 2 aromatic carbocycles. The minimum atomic E-state index is -0.907. The highest BCUT2D eigenvalue weighted by molar-refractivity contribution is 6.01. The van der Waals surface area contributed by atoms with Gasteiger partial charge in [-0.15, -0.1) is 0 Å². The third-order valence-electron chi connectivity index (χ3n) is 5.04. The molecule has 1 aliphatic heterocycles. The average molecular weight is 412 g/mol. The Balaban J connectivity index is 1.77. The molecule has 2 N–H and O–H groups in total. The molecule has 1 unspecified atom stereocenters. The van der Waals surface area contributed by atoms with E-state index in [-0.39, 0.29) is 25.3 Å². The lowest BCUT2D eigenvalue weighted by molar-refractivity contribution is -0.141. The number of carbonyl (C=O) groups is 3. The van der Waals surface area contributed by atoms with Crippen LogP contribution in [-0.4, -0.2) is 42.9 Å². The molecule has 0 aromatic heterocycles. The lowest BCUT2D eigenvalue weighted by atomic mass is 10.1. The first-order valence-corrected chi connectivity index (χ1v) is 9.49. The molecule has 0 saturated carbocycles. The second kappa shape index (κ2) is 9.30. The minimum absolute atomic E-state index is 0.0105. The van der Waals surface area contributed by atoms with E-state index in [9.17, 15) is 14.4 Å². The van der Waals surface area contributed by atoms with E-state index in [1.807, 2.05) is 24.3 Å². The van der Waals surface area contributed by atoms with Crippen molar-refractivity contribution in [2.75, 3.05) is 14.2 Å². The zero-order chi connectivity index (χ0) is 21.7. The largest absolute Gasteiger partial charge is 0.497 e. The number of fused-ring (bicyclic) bond motifs is 1. The molecule has 1 aliphatic rings.